The first-order valence-electron chi connectivity index (χ1n) is 10.2. The van der Waals surface area contributed by atoms with Gasteiger partial charge in [0.05, 0.1) is 0 Å². The lowest BCUT2D eigenvalue weighted by Crippen LogP contribution is -2.47. The van der Waals surface area contributed by atoms with Crippen molar-refractivity contribution >= 4 is 12.4 Å². The van der Waals surface area contributed by atoms with Crippen molar-refractivity contribution in [3.05, 3.63) is 107 Å². The quantitative estimate of drug-likeness (QED) is 0.523. The highest BCUT2D eigenvalue weighted by Gasteiger charge is 2.22. The van der Waals surface area contributed by atoms with Crippen molar-refractivity contribution in [2.45, 2.75) is 12.5 Å². The monoisotopic (exact) mass is 428 g/mol. The van der Waals surface area contributed by atoms with Crippen LogP contribution in [0.2, 0.25) is 0 Å². The van der Waals surface area contributed by atoms with Gasteiger partial charge < -0.3 is 0 Å². The maximum atomic E-state index is 13.4. The summed E-state index contributed by atoms with van der Waals surface area (Å²) in [6.45, 7) is 5.85. The largest absolute Gasteiger partial charge is 0.300 e. The SMILES string of the molecule is Cl.Fc1ccc(C(CN2CCN(Cc3ccccc3)CC2)c2ccc(F)cc2)cc1. The number of nitrogens with zero attached hydrogens (tertiary/aromatic N) is 2. The summed E-state index contributed by atoms with van der Waals surface area (Å²) in [5.41, 5.74) is 3.46. The van der Waals surface area contributed by atoms with Crippen molar-refractivity contribution in [2.75, 3.05) is 32.7 Å². The predicted molar refractivity (Wildman–Crippen MR) is 120 cm³/mol. The minimum absolute atomic E-state index is 0. The lowest BCUT2D eigenvalue weighted by Gasteiger charge is -2.36. The standard InChI is InChI=1S/C25H26F2N2.ClH/c26-23-10-6-21(7-11-23)25(22-8-12-24(27)13-9-22)19-29-16-14-28(15-17-29)18-20-4-2-1-3-5-20;/h1-13,25H,14-19H2;1H. The zero-order valence-electron chi connectivity index (χ0n) is 16.9. The Bertz CT molecular complexity index is 847. The fraction of sp³-hybridized carbons (Fsp3) is 0.280. The molecule has 1 aliphatic rings. The smallest absolute Gasteiger partial charge is 0.123 e. The molecule has 4 rings (SSSR count). The van der Waals surface area contributed by atoms with Gasteiger partial charge in [0.1, 0.15) is 11.6 Å². The number of rotatable bonds is 6. The number of hydrogen-bond donors (Lipinski definition) is 0. The molecule has 0 aliphatic carbocycles. The summed E-state index contributed by atoms with van der Waals surface area (Å²) in [5, 5.41) is 0. The van der Waals surface area contributed by atoms with Crippen LogP contribution >= 0.6 is 12.4 Å². The fourth-order valence-electron chi connectivity index (χ4n) is 4.02. The molecular weight excluding hydrogens is 402 g/mol. The van der Waals surface area contributed by atoms with Crippen LogP contribution in [0.3, 0.4) is 0 Å². The molecule has 0 aromatic heterocycles. The Labute approximate surface area is 183 Å². The third-order valence-electron chi connectivity index (χ3n) is 5.70. The Hall–Kier alpha value is -2.27. The average molecular weight is 429 g/mol. The Morgan fingerprint density at radius 2 is 1.10 bits per heavy atom. The van der Waals surface area contributed by atoms with E-state index >= 15 is 0 Å². The molecule has 1 saturated heterocycles. The number of benzene rings is 3. The van der Waals surface area contributed by atoms with Crippen LogP contribution in [0.5, 0.6) is 0 Å². The highest BCUT2D eigenvalue weighted by molar-refractivity contribution is 5.85. The highest BCUT2D eigenvalue weighted by atomic mass is 35.5. The van der Waals surface area contributed by atoms with E-state index in [4.69, 9.17) is 0 Å². The van der Waals surface area contributed by atoms with Crippen molar-refractivity contribution in [1.82, 2.24) is 9.80 Å². The maximum Gasteiger partial charge on any atom is 0.123 e. The van der Waals surface area contributed by atoms with Crippen molar-refractivity contribution in [3.8, 4) is 0 Å². The van der Waals surface area contributed by atoms with E-state index in [9.17, 15) is 8.78 Å². The summed E-state index contributed by atoms with van der Waals surface area (Å²) < 4.78 is 26.8. The Kier molecular flexibility index (Phi) is 7.97. The molecule has 0 saturated carbocycles. The molecule has 0 unspecified atom stereocenters. The normalized spacial score (nSPS) is 15.2. The number of piperazine rings is 1. The van der Waals surface area contributed by atoms with Gasteiger partial charge in [-0.3, -0.25) is 9.80 Å². The first-order valence-corrected chi connectivity index (χ1v) is 10.2. The van der Waals surface area contributed by atoms with Crippen molar-refractivity contribution in [2.24, 2.45) is 0 Å². The molecule has 0 bridgehead atoms. The van der Waals surface area contributed by atoms with Crippen LogP contribution in [0.4, 0.5) is 8.78 Å². The molecule has 0 N–H and O–H groups in total. The van der Waals surface area contributed by atoms with E-state index in [1.165, 1.54) is 29.8 Å². The molecule has 0 radical (unpaired) electrons. The summed E-state index contributed by atoms with van der Waals surface area (Å²) in [5.74, 6) is -0.376. The van der Waals surface area contributed by atoms with Gasteiger partial charge in [-0.05, 0) is 41.0 Å². The van der Waals surface area contributed by atoms with E-state index in [1.807, 2.05) is 30.3 Å². The van der Waals surface area contributed by atoms with Gasteiger partial charge in [-0.25, -0.2) is 8.78 Å². The summed E-state index contributed by atoms with van der Waals surface area (Å²) in [7, 11) is 0. The lowest BCUT2D eigenvalue weighted by atomic mass is 9.90. The van der Waals surface area contributed by atoms with Gasteiger partial charge in [0, 0.05) is 45.2 Å². The average Bonchev–Trinajstić information content (AvgIpc) is 2.75. The summed E-state index contributed by atoms with van der Waals surface area (Å²) >= 11 is 0. The number of halogens is 3. The molecule has 1 aliphatic heterocycles. The predicted octanol–water partition coefficient (Wildman–Crippen LogP) is 5.34. The second kappa shape index (κ2) is 10.7. The highest BCUT2D eigenvalue weighted by Crippen LogP contribution is 2.27. The summed E-state index contributed by atoms with van der Waals surface area (Å²) in [6.07, 6.45) is 0. The molecule has 1 fully saturated rings. The van der Waals surface area contributed by atoms with Crippen molar-refractivity contribution in [1.29, 1.82) is 0 Å². The topological polar surface area (TPSA) is 6.48 Å². The Morgan fingerprint density at radius 3 is 1.60 bits per heavy atom. The van der Waals surface area contributed by atoms with Crippen LogP contribution in [0.1, 0.15) is 22.6 Å². The van der Waals surface area contributed by atoms with Gasteiger partial charge in [0.25, 0.3) is 0 Å². The maximum absolute atomic E-state index is 13.4. The van der Waals surface area contributed by atoms with Crippen LogP contribution in [0.25, 0.3) is 0 Å². The van der Waals surface area contributed by atoms with E-state index in [-0.39, 0.29) is 30.0 Å². The molecule has 5 heteroatoms. The fourth-order valence-corrected chi connectivity index (χ4v) is 4.02. The lowest BCUT2D eigenvalue weighted by molar-refractivity contribution is 0.124. The molecule has 0 amide bonds. The van der Waals surface area contributed by atoms with Crippen molar-refractivity contribution in [3.63, 3.8) is 0 Å². The molecule has 2 nitrogen and oxygen atoms in total. The second-order valence-corrected chi connectivity index (χ2v) is 7.72. The number of hydrogen-bond acceptors (Lipinski definition) is 2. The summed E-state index contributed by atoms with van der Waals surface area (Å²) in [4.78, 5) is 4.94. The molecule has 3 aromatic rings. The van der Waals surface area contributed by atoms with Gasteiger partial charge in [0.2, 0.25) is 0 Å². The van der Waals surface area contributed by atoms with Crippen LogP contribution in [0.15, 0.2) is 78.9 Å². The van der Waals surface area contributed by atoms with Crippen LogP contribution < -0.4 is 0 Å². The van der Waals surface area contributed by atoms with E-state index in [1.54, 1.807) is 0 Å². The minimum atomic E-state index is -0.235. The summed E-state index contributed by atoms with van der Waals surface area (Å²) in [6, 6.07) is 23.9. The molecule has 0 spiro atoms. The molecule has 30 heavy (non-hydrogen) atoms. The van der Waals surface area contributed by atoms with Gasteiger partial charge in [-0.2, -0.15) is 0 Å². The van der Waals surface area contributed by atoms with E-state index in [0.717, 1.165) is 50.4 Å². The Morgan fingerprint density at radius 1 is 0.633 bits per heavy atom. The molecule has 158 valence electrons. The van der Waals surface area contributed by atoms with E-state index < -0.39 is 0 Å². The zero-order chi connectivity index (χ0) is 20.1. The first kappa shape index (κ1) is 22.4. The van der Waals surface area contributed by atoms with E-state index in [0.29, 0.717) is 0 Å². The van der Waals surface area contributed by atoms with Gasteiger partial charge in [-0.1, -0.05) is 54.6 Å². The van der Waals surface area contributed by atoms with Crippen LogP contribution in [0, 0.1) is 11.6 Å². The minimum Gasteiger partial charge on any atom is -0.300 e. The van der Waals surface area contributed by atoms with E-state index in [2.05, 4.69) is 34.1 Å². The molecule has 0 atom stereocenters. The molecule has 1 heterocycles. The van der Waals surface area contributed by atoms with Gasteiger partial charge in [-0.15, -0.1) is 12.4 Å². The second-order valence-electron chi connectivity index (χ2n) is 7.72. The van der Waals surface area contributed by atoms with Gasteiger partial charge in [0.15, 0.2) is 0 Å². The van der Waals surface area contributed by atoms with Crippen LogP contribution in [-0.2, 0) is 6.54 Å². The molecular formula is C25H27ClF2N2. The third kappa shape index (κ3) is 5.88. The van der Waals surface area contributed by atoms with Crippen LogP contribution in [-0.4, -0.2) is 42.5 Å². The molecule has 3 aromatic carbocycles. The zero-order valence-corrected chi connectivity index (χ0v) is 17.7. The van der Waals surface area contributed by atoms with Crippen molar-refractivity contribution < 1.29 is 8.78 Å². The van der Waals surface area contributed by atoms with Gasteiger partial charge >= 0.3 is 0 Å². The Balaban J connectivity index is 0.00000256. The third-order valence-corrected chi connectivity index (χ3v) is 5.70. The first-order chi connectivity index (χ1) is 14.2.